The van der Waals surface area contributed by atoms with Crippen molar-refractivity contribution in [2.24, 2.45) is 11.8 Å². The summed E-state index contributed by atoms with van der Waals surface area (Å²) in [5.74, 6) is 3.53. The van der Waals surface area contributed by atoms with Crippen LogP contribution in [0.1, 0.15) is 45.9 Å². The van der Waals surface area contributed by atoms with Crippen LogP contribution in [0.15, 0.2) is 6.07 Å². The summed E-state index contributed by atoms with van der Waals surface area (Å²) in [7, 11) is 0. The van der Waals surface area contributed by atoms with Gasteiger partial charge in [-0.2, -0.15) is 0 Å². The van der Waals surface area contributed by atoms with E-state index in [1.54, 1.807) is 6.07 Å². The normalized spacial score (nSPS) is 26.4. The number of hydrogen-bond acceptors (Lipinski definition) is 5. The third-order valence-electron chi connectivity index (χ3n) is 4.18. The van der Waals surface area contributed by atoms with E-state index in [1.807, 2.05) is 6.92 Å². The Labute approximate surface area is 121 Å². The maximum atomic E-state index is 5.84. The van der Waals surface area contributed by atoms with Crippen molar-refractivity contribution in [1.29, 1.82) is 0 Å². The molecule has 2 rings (SSSR count). The first-order valence-electron chi connectivity index (χ1n) is 7.56. The first-order valence-corrected chi connectivity index (χ1v) is 7.56. The van der Waals surface area contributed by atoms with Gasteiger partial charge in [0.25, 0.3) is 0 Å². The van der Waals surface area contributed by atoms with Crippen LogP contribution in [0.4, 0.5) is 11.6 Å². The predicted octanol–water partition coefficient (Wildman–Crippen LogP) is 2.83. The van der Waals surface area contributed by atoms with Gasteiger partial charge in [-0.05, 0) is 38.0 Å². The minimum Gasteiger partial charge on any atom is -0.384 e. The highest BCUT2D eigenvalue weighted by atomic mass is 16.5. The van der Waals surface area contributed by atoms with Crippen LogP contribution < -0.4 is 11.1 Å². The molecule has 3 unspecified atom stereocenters. The van der Waals surface area contributed by atoms with Gasteiger partial charge >= 0.3 is 0 Å². The molecule has 1 saturated carbocycles. The molecule has 0 saturated heterocycles. The molecule has 1 aliphatic rings. The Kier molecular flexibility index (Phi) is 5.17. The summed E-state index contributed by atoms with van der Waals surface area (Å²) in [4.78, 5) is 8.68. The molecule has 112 valence electrons. The first kappa shape index (κ1) is 15.0. The highest BCUT2D eigenvalue weighted by Gasteiger charge is 2.24. The molecule has 0 aliphatic heterocycles. The number of nitrogens with two attached hydrogens (primary N) is 1. The zero-order valence-electron chi connectivity index (χ0n) is 12.7. The van der Waals surface area contributed by atoms with Crippen molar-refractivity contribution < 1.29 is 4.74 Å². The molecule has 1 aliphatic carbocycles. The molecule has 5 nitrogen and oxygen atoms in total. The predicted molar refractivity (Wildman–Crippen MR) is 81.4 cm³/mol. The highest BCUT2D eigenvalue weighted by Crippen LogP contribution is 2.30. The second-order valence-electron chi connectivity index (χ2n) is 5.84. The summed E-state index contributed by atoms with van der Waals surface area (Å²) in [6.07, 6.45) is 3.65. The van der Waals surface area contributed by atoms with Gasteiger partial charge in [0.15, 0.2) is 5.82 Å². The van der Waals surface area contributed by atoms with Crippen LogP contribution in [0.25, 0.3) is 0 Å². The SMILES string of the molecule is CCOCc1nc(N)cc(NC2CCC(C)C(C)C2)n1. The zero-order valence-corrected chi connectivity index (χ0v) is 12.7. The Balaban J connectivity index is 1.99. The van der Waals surface area contributed by atoms with E-state index in [0.717, 1.165) is 17.7 Å². The molecule has 0 radical (unpaired) electrons. The summed E-state index contributed by atoms with van der Waals surface area (Å²) in [5, 5.41) is 3.50. The molecule has 3 atom stereocenters. The summed E-state index contributed by atoms with van der Waals surface area (Å²) in [6, 6.07) is 2.29. The van der Waals surface area contributed by atoms with Crippen molar-refractivity contribution in [2.45, 2.75) is 52.7 Å². The van der Waals surface area contributed by atoms with Crippen LogP contribution in [-0.4, -0.2) is 22.6 Å². The fourth-order valence-electron chi connectivity index (χ4n) is 2.74. The smallest absolute Gasteiger partial charge is 0.158 e. The molecule has 1 heterocycles. The van der Waals surface area contributed by atoms with Gasteiger partial charge in [0.2, 0.25) is 0 Å². The third-order valence-corrected chi connectivity index (χ3v) is 4.18. The Hall–Kier alpha value is -1.36. The Morgan fingerprint density at radius 1 is 1.30 bits per heavy atom. The van der Waals surface area contributed by atoms with E-state index in [-0.39, 0.29) is 0 Å². The lowest BCUT2D eigenvalue weighted by molar-refractivity contribution is 0.128. The van der Waals surface area contributed by atoms with Crippen LogP contribution in [0.2, 0.25) is 0 Å². The lowest BCUT2D eigenvalue weighted by Gasteiger charge is -2.32. The van der Waals surface area contributed by atoms with Gasteiger partial charge in [-0.3, -0.25) is 0 Å². The fourth-order valence-corrected chi connectivity index (χ4v) is 2.74. The average molecular weight is 278 g/mol. The van der Waals surface area contributed by atoms with Crippen LogP contribution >= 0.6 is 0 Å². The van der Waals surface area contributed by atoms with Gasteiger partial charge in [-0.15, -0.1) is 0 Å². The molecule has 5 heteroatoms. The molecule has 3 N–H and O–H groups in total. The number of nitrogens with one attached hydrogen (secondary N) is 1. The Bertz CT molecular complexity index is 438. The highest BCUT2D eigenvalue weighted by molar-refractivity contribution is 5.45. The fraction of sp³-hybridized carbons (Fsp3) is 0.733. The molecular formula is C15H26N4O. The number of hydrogen-bond donors (Lipinski definition) is 2. The van der Waals surface area contributed by atoms with Crippen molar-refractivity contribution in [3.8, 4) is 0 Å². The molecule has 0 aromatic carbocycles. The van der Waals surface area contributed by atoms with Gasteiger partial charge in [0, 0.05) is 18.7 Å². The van der Waals surface area contributed by atoms with Crippen molar-refractivity contribution in [3.63, 3.8) is 0 Å². The monoisotopic (exact) mass is 278 g/mol. The standard InChI is InChI=1S/C15H26N4O/c1-4-20-9-15-18-13(16)8-14(19-15)17-12-6-5-10(2)11(3)7-12/h8,10-12H,4-7,9H2,1-3H3,(H3,16,17,18,19). The second-order valence-corrected chi connectivity index (χ2v) is 5.84. The minimum absolute atomic E-state index is 0.411. The molecule has 1 aromatic rings. The summed E-state index contributed by atoms with van der Waals surface area (Å²) in [6.45, 7) is 7.68. The molecule has 20 heavy (non-hydrogen) atoms. The van der Waals surface area contributed by atoms with E-state index in [2.05, 4.69) is 29.1 Å². The lowest BCUT2D eigenvalue weighted by atomic mass is 9.79. The molecule has 0 bridgehead atoms. The number of anilines is 2. The van der Waals surface area contributed by atoms with E-state index in [9.17, 15) is 0 Å². The second kappa shape index (κ2) is 6.88. The summed E-state index contributed by atoms with van der Waals surface area (Å²) in [5.41, 5.74) is 5.84. The van der Waals surface area contributed by atoms with Gasteiger partial charge in [0.05, 0.1) is 0 Å². The van der Waals surface area contributed by atoms with Gasteiger partial charge in [-0.25, -0.2) is 9.97 Å². The van der Waals surface area contributed by atoms with E-state index >= 15 is 0 Å². The topological polar surface area (TPSA) is 73.1 Å². The van der Waals surface area contributed by atoms with E-state index in [1.165, 1.54) is 19.3 Å². The van der Waals surface area contributed by atoms with Crippen LogP contribution in [0.5, 0.6) is 0 Å². The molecule has 1 aromatic heterocycles. The minimum atomic E-state index is 0.411. The van der Waals surface area contributed by atoms with Crippen LogP contribution in [-0.2, 0) is 11.3 Å². The van der Waals surface area contributed by atoms with Crippen molar-refractivity contribution in [2.75, 3.05) is 17.7 Å². The van der Waals surface area contributed by atoms with Gasteiger partial charge in [-0.1, -0.05) is 13.8 Å². The molecule has 1 fully saturated rings. The van der Waals surface area contributed by atoms with E-state index < -0.39 is 0 Å². The Morgan fingerprint density at radius 3 is 2.80 bits per heavy atom. The van der Waals surface area contributed by atoms with Crippen molar-refractivity contribution in [3.05, 3.63) is 11.9 Å². The maximum absolute atomic E-state index is 5.84. The van der Waals surface area contributed by atoms with Crippen molar-refractivity contribution in [1.82, 2.24) is 9.97 Å². The van der Waals surface area contributed by atoms with Crippen LogP contribution in [0.3, 0.4) is 0 Å². The Morgan fingerprint density at radius 2 is 2.10 bits per heavy atom. The van der Waals surface area contributed by atoms with Gasteiger partial charge < -0.3 is 15.8 Å². The number of nitrogen functional groups attached to an aromatic ring is 1. The maximum Gasteiger partial charge on any atom is 0.158 e. The van der Waals surface area contributed by atoms with Crippen LogP contribution in [0, 0.1) is 11.8 Å². The molecule has 0 spiro atoms. The lowest BCUT2D eigenvalue weighted by Crippen LogP contribution is -2.30. The number of ether oxygens (including phenoxy) is 1. The molecule has 0 amide bonds. The molecular weight excluding hydrogens is 252 g/mol. The van der Waals surface area contributed by atoms with Gasteiger partial charge in [0.1, 0.15) is 18.2 Å². The summed E-state index contributed by atoms with van der Waals surface area (Å²) < 4.78 is 5.34. The quantitative estimate of drug-likeness (QED) is 0.866. The number of nitrogens with zero attached hydrogens (tertiary/aromatic N) is 2. The first-order chi connectivity index (χ1) is 9.58. The largest absolute Gasteiger partial charge is 0.384 e. The van der Waals surface area contributed by atoms with E-state index in [0.29, 0.717) is 30.9 Å². The summed E-state index contributed by atoms with van der Waals surface area (Å²) >= 11 is 0. The van der Waals surface area contributed by atoms with E-state index in [4.69, 9.17) is 10.5 Å². The third kappa shape index (κ3) is 4.07. The number of rotatable bonds is 5. The zero-order chi connectivity index (χ0) is 14.5. The van der Waals surface area contributed by atoms with Crippen molar-refractivity contribution >= 4 is 11.6 Å². The number of aromatic nitrogens is 2. The average Bonchev–Trinajstić information content (AvgIpc) is 2.40.